The zero-order valence-electron chi connectivity index (χ0n) is 14.4. The van der Waals surface area contributed by atoms with Crippen molar-refractivity contribution in [3.8, 4) is 0 Å². The zero-order valence-corrected chi connectivity index (χ0v) is 18.7. The number of halogens is 2. The minimum atomic E-state index is -0.365. The molecule has 7 heteroatoms. The van der Waals surface area contributed by atoms with Gasteiger partial charge in [0, 0.05) is 0 Å². The molecule has 2 saturated heterocycles. The summed E-state index contributed by atoms with van der Waals surface area (Å²) in [6.07, 6.45) is 10.2. The second-order valence-corrected chi connectivity index (χ2v) is 13.8. The van der Waals surface area contributed by atoms with Gasteiger partial charge >= 0.3 is 166 Å². The van der Waals surface area contributed by atoms with E-state index in [1.54, 1.807) is 0 Å². The van der Waals surface area contributed by atoms with Gasteiger partial charge in [-0.15, -0.1) is 0 Å². The quantitative estimate of drug-likeness (QED) is 0.0887. The molecule has 2 N–H and O–H groups in total. The molecule has 0 aromatic rings. The number of hydrogen-bond acceptors (Lipinski definition) is 5. The van der Waals surface area contributed by atoms with E-state index in [9.17, 15) is 4.79 Å². The second-order valence-electron chi connectivity index (χ2n) is 8.50. The van der Waals surface area contributed by atoms with Crippen molar-refractivity contribution in [2.45, 2.75) is 64.2 Å². The van der Waals surface area contributed by atoms with Crippen molar-refractivity contribution in [1.82, 2.24) is 12.0 Å². The monoisotopic (exact) mass is 559 g/mol. The van der Waals surface area contributed by atoms with E-state index in [0.29, 0.717) is 5.92 Å². The molecule has 138 valence electrons. The number of esters is 1. The van der Waals surface area contributed by atoms with Crippen LogP contribution in [0.15, 0.2) is 0 Å². The first-order valence-corrected chi connectivity index (χ1v) is 13.6. The van der Waals surface area contributed by atoms with Gasteiger partial charge in [-0.2, -0.15) is 0 Å². The molecule has 0 aromatic carbocycles. The molecule has 24 heavy (non-hydrogen) atoms. The van der Waals surface area contributed by atoms with Crippen LogP contribution in [0.1, 0.15) is 51.4 Å². The average Bonchev–Trinajstić information content (AvgIpc) is 3.41. The molecule has 0 radical (unpaired) electrons. The Kier molecular flexibility index (Phi) is 3.99. The fourth-order valence-corrected chi connectivity index (χ4v) is 12.6. The Morgan fingerprint density at radius 2 is 1.83 bits per heavy atom. The Balaban J connectivity index is 1.38. The predicted octanol–water partition coefficient (Wildman–Crippen LogP) is -4.60. The molecule has 5 rings (SSSR count). The molecule has 2 heterocycles. The predicted molar refractivity (Wildman–Crippen MR) is 81.6 cm³/mol. The molecule has 3 aliphatic carbocycles. The van der Waals surface area contributed by atoms with Crippen LogP contribution >= 0.6 is 0 Å². The summed E-state index contributed by atoms with van der Waals surface area (Å²) in [6, 6.07) is 0. The fourth-order valence-electron chi connectivity index (χ4n) is 5.70. The number of nitrogens with zero attached hydrogens (tertiary/aromatic N) is 1. The van der Waals surface area contributed by atoms with Crippen molar-refractivity contribution >= 4 is 5.97 Å². The zero-order chi connectivity index (χ0) is 16.6. The van der Waals surface area contributed by atoms with Gasteiger partial charge in [0.05, 0.1) is 0 Å². The number of rotatable bonds is 5. The third-order valence-electron chi connectivity index (χ3n) is 7.07. The molecule has 5 atom stereocenters. The summed E-state index contributed by atoms with van der Waals surface area (Å²) >= 11 is -0.405. The van der Waals surface area contributed by atoms with Gasteiger partial charge in [-0.1, -0.05) is 0 Å². The number of ether oxygens (including phenoxy) is 1. The summed E-state index contributed by atoms with van der Waals surface area (Å²) in [5, 5.41) is 0. The number of likely N-dealkylation sites (N-methyl/N-ethyl adjacent to an activating group) is 1. The van der Waals surface area contributed by atoms with Crippen molar-refractivity contribution in [3.63, 3.8) is 0 Å². The van der Waals surface area contributed by atoms with Crippen LogP contribution in [-0.2, 0) is 9.53 Å². The van der Waals surface area contributed by atoms with E-state index < -0.39 is 0 Å². The Bertz CT molecular complexity index is 556. The maximum atomic E-state index is 13.3. The maximum absolute atomic E-state index is 13.3. The van der Waals surface area contributed by atoms with E-state index in [-0.39, 0.29) is 61.7 Å². The number of carbonyl (C=O) groups excluding carboxylic acids is 1. The first-order valence-electron chi connectivity index (χ1n) is 9.26. The summed E-state index contributed by atoms with van der Waals surface area (Å²) in [6.45, 7) is 0. The third-order valence-corrected chi connectivity index (χ3v) is 14.3. The third kappa shape index (κ3) is 2.29. The van der Waals surface area contributed by atoms with Gasteiger partial charge < -0.3 is 0 Å². The van der Waals surface area contributed by atoms with Crippen LogP contribution < -0.4 is 50.0 Å². The van der Waals surface area contributed by atoms with Crippen molar-refractivity contribution < 1.29 is 52.5 Å². The van der Waals surface area contributed by atoms with E-state index >= 15 is 0 Å². The molecule has 0 aromatic heterocycles. The second kappa shape index (κ2) is 5.65. The Morgan fingerprint density at radius 3 is 2.29 bits per heavy atom. The summed E-state index contributed by atoms with van der Waals surface area (Å²) in [7, 11) is 4.19. The van der Waals surface area contributed by atoms with Crippen LogP contribution in [0.5, 0.6) is 0 Å². The van der Waals surface area contributed by atoms with E-state index in [0.717, 1.165) is 24.7 Å². The van der Waals surface area contributed by atoms with Crippen molar-refractivity contribution in [1.29, 1.82) is 0 Å². The van der Waals surface area contributed by atoms with Crippen LogP contribution in [-0.4, -0.2) is 37.8 Å². The average molecular weight is 559 g/mol. The van der Waals surface area contributed by atoms with Crippen molar-refractivity contribution in [2.75, 3.05) is 14.1 Å². The van der Waals surface area contributed by atoms with Gasteiger partial charge in [0.2, 0.25) is 0 Å². The summed E-state index contributed by atoms with van der Waals surface area (Å²) in [4.78, 5) is 15.6. The molecule has 2 bridgehead atoms. The van der Waals surface area contributed by atoms with E-state index in [2.05, 4.69) is 26.1 Å². The first kappa shape index (κ1) is 16.9. The number of fused-ring (bicyclic) bond motifs is 2. The molecule has 2 aliphatic heterocycles. The molecule has 5 nitrogen and oxygen atoms in total. The summed E-state index contributed by atoms with van der Waals surface area (Å²) < 4.78 is 13.1. The normalized spacial score (nSPS) is 48.7. The van der Waals surface area contributed by atoms with Crippen LogP contribution in [0.2, 0.25) is 0 Å². The number of hydrogen-bond donors (Lipinski definition) is 2. The minimum absolute atomic E-state index is 0.0787. The molecular formula is C17H27I2N3O2-2. The Hall–Kier alpha value is 0.810. The molecule has 0 amide bonds. The van der Waals surface area contributed by atoms with Gasteiger partial charge in [-0.25, -0.2) is 0 Å². The molecule has 3 saturated carbocycles. The molecular weight excluding hydrogens is 532 g/mol. The van der Waals surface area contributed by atoms with E-state index in [1.165, 1.54) is 38.5 Å². The van der Waals surface area contributed by atoms with Gasteiger partial charge in [0.25, 0.3) is 0 Å². The SMILES string of the molecule is CN(C)C1(C2(C(=O)OC3(C4CC5CCC4C5)CCCC3)N[I-]2)N[I-]1. The topological polar surface area (TPSA) is 73.4 Å². The fraction of sp³-hybridized carbons (Fsp3) is 0.941. The molecule has 5 aliphatic rings. The number of carbonyl (C=O) groups is 1. The van der Waals surface area contributed by atoms with Crippen LogP contribution in [0.4, 0.5) is 0 Å². The van der Waals surface area contributed by atoms with E-state index in [4.69, 9.17) is 4.74 Å². The van der Waals surface area contributed by atoms with Crippen molar-refractivity contribution in [3.05, 3.63) is 0 Å². The van der Waals surface area contributed by atoms with Crippen LogP contribution in [0, 0.1) is 17.8 Å². The van der Waals surface area contributed by atoms with Crippen molar-refractivity contribution in [2.24, 2.45) is 17.8 Å². The first-order chi connectivity index (χ1) is 11.5. The van der Waals surface area contributed by atoms with Gasteiger partial charge in [-0.3, -0.25) is 0 Å². The molecule has 5 fully saturated rings. The number of alkyl halides is 2. The van der Waals surface area contributed by atoms with Gasteiger partial charge in [0.1, 0.15) is 0 Å². The molecule has 0 spiro atoms. The Labute approximate surface area is 165 Å². The van der Waals surface area contributed by atoms with E-state index in [1.807, 2.05) is 0 Å². The van der Waals surface area contributed by atoms with Crippen LogP contribution in [0.25, 0.3) is 0 Å². The summed E-state index contributed by atoms with van der Waals surface area (Å²) in [5.74, 6) is 2.47. The standard InChI is InChI=1S/C17H27I2N3O2/c1-22(2)17(19-21-17)16(18-20-16)14(23)24-15(7-3-4-8-15)13-10-11-5-6-12(13)9-11/h11-13,20-21H,3-10H2,1-2H3/q-2. The summed E-state index contributed by atoms with van der Waals surface area (Å²) in [5.41, 5.74) is -0.126. The molecule has 5 unspecified atom stereocenters. The Morgan fingerprint density at radius 1 is 1.12 bits per heavy atom. The number of nitrogens with one attached hydrogen (secondary N) is 2. The van der Waals surface area contributed by atoms with Crippen LogP contribution in [0.3, 0.4) is 0 Å². The van der Waals surface area contributed by atoms with Gasteiger partial charge in [-0.05, 0) is 0 Å². The van der Waals surface area contributed by atoms with Gasteiger partial charge in [0.15, 0.2) is 0 Å².